The van der Waals surface area contributed by atoms with Crippen LogP contribution in [0.15, 0.2) is 60.9 Å². The van der Waals surface area contributed by atoms with Gasteiger partial charge in [-0.2, -0.15) is 5.10 Å². The van der Waals surface area contributed by atoms with Crippen LogP contribution in [0, 0.1) is 6.92 Å². The van der Waals surface area contributed by atoms with Crippen LogP contribution in [-0.2, 0) is 5.54 Å². The summed E-state index contributed by atoms with van der Waals surface area (Å²) in [6.45, 7) is 5.47. The Morgan fingerprint density at radius 2 is 1.77 bits per heavy atom. The van der Waals surface area contributed by atoms with Crippen molar-refractivity contribution in [2.75, 3.05) is 5.32 Å². The molecular formula is C20H20N4O2. The van der Waals surface area contributed by atoms with Gasteiger partial charge in [-0.3, -0.25) is 19.3 Å². The molecule has 0 aliphatic rings. The van der Waals surface area contributed by atoms with Crippen molar-refractivity contribution in [3.63, 3.8) is 0 Å². The number of hydrogen-bond donors (Lipinski definition) is 1. The molecule has 1 amide bonds. The van der Waals surface area contributed by atoms with Crippen molar-refractivity contribution < 1.29 is 9.59 Å². The second-order valence-corrected chi connectivity index (χ2v) is 6.54. The number of aromatic nitrogens is 3. The number of benzene rings is 1. The number of nitrogens with zero attached hydrogens (tertiary/aromatic N) is 3. The van der Waals surface area contributed by atoms with Crippen LogP contribution in [0.25, 0.3) is 0 Å². The molecule has 0 unspecified atom stereocenters. The predicted octanol–water partition coefficient (Wildman–Crippen LogP) is 3.46. The number of Topliss-reactive ketones (excluding diaryl/α,β-unsaturated/α-hetero) is 1. The van der Waals surface area contributed by atoms with Crippen molar-refractivity contribution in [2.45, 2.75) is 26.3 Å². The summed E-state index contributed by atoms with van der Waals surface area (Å²) < 4.78 is 1.64. The molecule has 6 heteroatoms. The summed E-state index contributed by atoms with van der Waals surface area (Å²) in [5.41, 5.74) is 1.40. The zero-order valence-corrected chi connectivity index (χ0v) is 14.9. The van der Waals surface area contributed by atoms with Gasteiger partial charge >= 0.3 is 0 Å². The van der Waals surface area contributed by atoms with Crippen molar-refractivity contribution in [1.29, 1.82) is 0 Å². The van der Waals surface area contributed by atoms with E-state index in [0.717, 1.165) is 5.69 Å². The first-order valence-electron chi connectivity index (χ1n) is 8.28. The lowest BCUT2D eigenvalue weighted by molar-refractivity contribution is 0.0827. The van der Waals surface area contributed by atoms with E-state index in [2.05, 4.69) is 15.4 Å². The van der Waals surface area contributed by atoms with E-state index < -0.39 is 5.54 Å². The first kappa shape index (κ1) is 17.5. The van der Waals surface area contributed by atoms with Crippen LogP contribution in [0.2, 0.25) is 0 Å². The zero-order valence-electron chi connectivity index (χ0n) is 14.9. The van der Waals surface area contributed by atoms with Gasteiger partial charge in [0.05, 0.1) is 17.6 Å². The third-order valence-corrected chi connectivity index (χ3v) is 4.14. The maximum atomic E-state index is 12.8. The summed E-state index contributed by atoms with van der Waals surface area (Å²) in [4.78, 5) is 29.2. The molecule has 0 radical (unpaired) electrons. The molecule has 3 rings (SSSR count). The van der Waals surface area contributed by atoms with E-state index in [-0.39, 0.29) is 11.7 Å². The maximum absolute atomic E-state index is 12.8. The Morgan fingerprint density at radius 3 is 2.35 bits per heavy atom. The largest absolute Gasteiger partial charge is 0.321 e. The Balaban J connectivity index is 1.75. The Kier molecular flexibility index (Phi) is 4.67. The molecule has 26 heavy (non-hydrogen) atoms. The van der Waals surface area contributed by atoms with Crippen molar-refractivity contribution in [2.24, 2.45) is 0 Å². The minimum absolute atomic E-state index is 0.151. The minimum atomic E-state index is -0.851. The standard InChI is InChI=1S/C20H20N4O2/c1-14-11-12-24(23-14)20(2,3)18(25)17-10-9-16(13-21-17)22-19(26)15-7-5-4-6-8-15/h4-13H,1-3H3,(H,22,26). The van der Waals surface area contributed by atoms with E-state index in [4.69, 9.17) is 0 Å². The van der Waals surface area contributed by atoms with Crippen molar-refractivity contribution in [1.82, 2.24) is 14.8 Å². The molecular weight excluding hydrogens is 328 g/mol. The minimum Gasteiger partial charge on any atom is -0.321 e. The van der Waals surface area contributed by atoms with Gasteiger partial charge in [-0.15, -0.1) is 0 Å². The number of carbonyl (C=O) groups excluding carboxylic acids is 2. The van der Waals surface area contributed by atoms with Crippen LogP contribution >= 0.6 is 0 Å². The molecule has 0 spiro atoms. The van der Waals surface area contributed by atoms with Gasteiger partial charge in [-0.1, -0.05) is 18.2 Å². The van der Waals surface area contributed by atoms with Crippen molar-refractivity contribution in [3.8, 4) is 0 Å². The molecule has 0 saturated carbocycles. The van der Waals surface area contributed by atoms with E-state index in [0.29, 0.717) is 16.9 Å². The van der Waals surface area contributed by atoms with Gasteiger partial charge in [0, 0.05) is 11.8 Å². The fraction of sp³-hybridized carbons (Fsp3) is 0.200. The molecule has 0 bridgehead atoms. The molecule has 2 heterocycles. The number of nitrogens with one attached hydrogen (secondary N) is 1. The summed E-state index contributed by atoms with van der Waals surface area (Å²) in [5, 5.41) is 7.10. The molecule has 1 aromatic carbocycles. The third kappa shape index (κ3) is 3.54. The van der Waals surface area contributed by atoms with Crippen LogP contribution in [0.3, 0.4) is 0 Å². The lowest BCUT2D eigenvalue weighted by Gasteiger charge is -2.23. The summed E-state index contributed by atoms with van der Waals surface area (Å²) in [7, 11) is 0. The Bertz CT molecular complexity index is 928. The van der Waals surface area contributed by atoms with Gasteiger partial charge in [0.25, 0.3) is 5.91 Å². The smallest absolute Gasteiger partial charge is 0.255 e. The number of carbonyl (C=O) groups is 2. The van der Waals surface area contributed by atoms with Gasteiger partial charge in [0.1, 0.15) is 11.2 Å². The second kappa shape index (κ2) is 6.92. The topological polar surface area (TPSA) is 76.9 Å². The molecule has 6 nitrogen and oxygen atoms in total. The number of pyridine rings is 1. The number of rotatable bonds is 5. The SMILES string of the molecule is Cc1ccn(C(C)(C)C(=O)c2ccc(NC(=O)c3ccccc3)cn2)n1. The number of ketones is 1. The normalized spacial score (nSPS) is 11.2. The molecule has 0 saturated heterocycles. The van der Waals surface area contributed by atoms with E-state index >= 15 is 0 Å². The van der Waals surface area contributed by atoms with Crippen molar-refractivity contribution >= 4 is 17.4 Å². The Morgan fingerprint density at radius 1 is 1.04 bits per heavy atom. The molecule has 0 fully saturated rings. The predicted molar refractivity (Wildman–Crippen MR) is 99.2 cm³/mol. The fourth-order valence-electron chi connectivity index (χ4n) is 2.54. The van der Waals surface area contributed by atoms with Crippen LogP contribution in [0.1, 0.15) is 40.4 Å². The first-order valence-corrected chi connectivity index (χ1v) is 8.28. The number of amides is 1. The fourth-order valence-corrected chi connectivity index (χ4v) is 2.54. The van der Waals surface area contributed by atoms with E-state index in [1.165, 1.54) is 6.20 Å². The highest BCUT2D eigenvalue weighted by molar-refractivity contribution is 6.04. The molecule has 1 N–H and O–H groups in total. The van der Waals surface area contributed by atoms with Crippen molar-refractivity contribution in [3.05, 3.63) is 77.9 Å². The monoisotopic (exact) mass is 348 g/mol. The lowest BCUT2D eigenvalue weighted by atomic mass is 9.96. The highest BCUT2D eigenvalue weighted by Gasteiger charge is 2.32. The van der Waals surface area contributed by atoms with Gasteiger partial charge in [-0.05, 0) is 51.1 Å². The Hall–Kier alpha value is -3.28. The van der Waals surface area contributed by atoms with Crippen LogP contribution < -0.4 is 5.32 Å². The average molecular weight is 348 g/mol. The van der Waals surface area contributed by atoms with Crippen LogP contribution in [0.5, 0.6) is 0 Å². The Labute approximate surface area is 151 Å². The summed E-state index contributed by atoms with van der Waals surface area (Å²) in [6, 6.07) is 14.0. The number of hydrogen-bond acceptors (Lipinski definition) is 4. The highest BCUT2D eigenvalue weighted by atomic mass is 16.1. The van der Waals surface area contributed by atoms with E-state index in [1.807, 2.05) is 19.1 Å². The molecule has 0 aliphatic carbocycles. The number of aryl methyl sites for hydroxylation is 1. The van der Waals surface area contributed by atoms with Gasteiger partial charge < -0.3 is 5.32 Å². The average Bonchev–Trinajstić information content (AvgIpc) is 3.10. The molecule has 2 aromatic heterocycles. The zero-order chi connectivity index (χ0) is 18.7. The van der Waals surface area contributed by atoms with Crippen LogP contribution in [-0.4, -0.2) is 26.5 Å². The summed E-state index contributed by atoms with van der Waals surface area (Å²) in [6.07, 6.45) is 3.26. The van der Waals surface area contributed by atoms with Gasteiger partial charge in [-0.25, -0.2) is 0 Å². The molecule has 132 valence electrons. The maximum Gasteiger partial charge on any atom is 0.255 e. The molecule has 3 aromatic rings. The lowest BCUT2D eigenvalue weighted by Crippen LogP contribution is -2.37. The van der Waals surface area contributed by atoms with Gasteiger partial charge in [0.15, 0.2) is 0 Å². The molecule has 0 aliphatic heterocycles. The van der Waals surface area contributed by atoms with Crippen LogP contribution in [0.4, 0.5) is 5.69 Å². The summed E-state index contributed by atoms with van der Waals surface area (Å²) in [5.74, 6) is -0.375. The second-order valence-electron chi connectivity index (χ2n) is 6.54. The van der Waals surface area contributed by atoms with E-state index in [1.54, 1.807) is 61.1 Å². The first-order chi connectivity index (χ1) is 12.4. The quantitative estimate of drug-likeness (QED) is 0.716. The van der Waals surface area contributed by atoms with E-state index in [9.17, 15) is 9.59 Å². The molecule has 0 atom stereocenters. The number of anilines is 1. The third-order valence-electron chi connectivity index (χ3n) is 4.14. The summed E-state index contributed by atoms with van der Waals surface area (Å²) >= 11 is 0. The van der Waals surface area contributed by atoms with Gasteiger partial charge in [0.2, 0.25) is 5.78 Å². The highest BCUT2D eigenvalue weighted by Crippen LogP contribution is 2.21.